The first-order chi connectivity index (χ1) is 8.91. The fraction of sp³-hybridized carbons (Fsp3) is 0.500. The van der Waals surface area contributed by atoms with Crippen LogP contribution in [-0.4, -0.2) is 35.8 Å². The molecule has 3 nitrogen and oxygen atoms in total. The van der Waals surface area contributed by atoms with Crippen LogP contribution in [0.25, 0.3) is 0 Å². The van der Waals surface area contributed by atoms with E-state index in [0.29, 0.717) is 18.2 Å². The van der Waals surface area contributed by atoms with Gasteiger partial charge in [-0.2, -0.15) is 0 Å². The molecule has 1 aromatic carbocycles. The number of amides is 1. The summed E-state index contributed by atoms with van der Waals surface area (Å²) in [7, 11) is 1.78. The summed E-state index contributed by atoms with van der Waals surface area (Å²) in [6, 6.07) is 7.18. The van der Waals surface area contributed by atoms with Crippen LogP contribution < -0.4 is 4.74 Å². The van der Waals surface area contributed by atoms with Crippen LogP contribution in [0.15, 0.2) is 24.3 Å². The van der Waals surface area contributed by atoms with Crippen molar-refractivity contribution in [3.8, 4) is 5.75 Å². The molecule has 0 saturated carbocycles. The zero-order valence-electron chi connectivity index (χ0n) is 11.4. The van der Waals surface area contributed by atoms with Gasteiger partial charge >= 0.3 is 0 Å². The predicted molar refractivity (Wildman–Crippen MR) is 82.1 cm³/mol. The first-order valence-corrected chi connectivity index (χ1v) is 7.48. The summed E-state index contributed by atoms with van der Waals surface area (Å²) < 4.78 is 5.55. The van der Waals surface area contributed by atoms with E-state index in [2.05, 4.69) is 15.9 Å². The first kappa shape index (κ1) is 16.3. The third kappa shape index (κ3) is 5.41. The Morgan fingerprint density at radius 2 is 1.95 bits per heavy atom. The van der Waals surface area contributed by atoms with E-state index in [4.69, 9.17) is 16.3 Å². The second-order valence-electron chi connectivity index (χ2n) is 4.71. The van der Waals surface area contributed by atoms with Crippen molar-refractivity contribution in [2.24, 2.45) is 5.92 Å². The van der Waals surface area contributed by atoms with Crippen molar-refractivity contribution in [3.63, 3.8) is 0 Å². The molecule has 1 unspecified atom stereocenters. The van der Waals surface area contributed by atoms with E-state index >= 15 is 0 Å². The molecule has 0 heterocycles. The lowest BCUT2D eigenvalue weighted by molar-refractivity contribution is -0.130. The summed E-state index contributed by atoms with van der Waals surface area (Å²) in [5.41, 5.74) is 0. The molecule has 0 aliphatic rings. The van der Waals surface area contributed by atoms with Crippen molar-refractivity contribution in [2.75, 3.05) is 20.2 Å². The molecule has 1 rings (SSSR count). The largest absolute Gasteiger partial charge is 0.492 e. The average molecular weight is 349 g/mol. The van der Waals surface area contributed by atoms with Gasteiger partial charge in [0.05, 0.1) is 11.4 Å². The van der Waals surface area contributed by atoms with Crippen molar-refractivity contribution < 1.29 is 9.53 Å². The molecule has 1 aromatic rings. The minimum atomic E-state index is -0.145. The molecule has 0 saturated heterocycles. The monoisotopic (exact) mass is 347 g/mol. The Morgan fingerprint density at radius 1 is 1.37 bits per heavy atom. The zero-order valence-corrected chi connectivity index (χ0v) is 13.7. The molecule has 1 atom stereocenters. The van der Waals surface area contributed by atoms with Gasteiger partial charge < -0.3 is 9.64 Å². The van der Waals surface area contributed by atoms with Crippen LogP contribution in [0, 0.1) is 5.92 Å². The number of hydrogen-bond donors (Lipinski definition) is 0. The van der Waals surface area contributed by atoms with Gasteiger partial charge in [-0.05, 0) is 30.2 Å². The van der Waals surface area contributed by atoms with E-state index in [1.807, 2.05) is 26.0 Å². The molecule has 0 aliphatic heterocycles. The van der Waals surface area contributed by atoms with Gasteiger partial charge in [0.25, 0.3) is 0 Å². The molecule has 19 heavy (non-hydrogen) atoms. The maximum absolute atomic E-state index is 12.0. The molecule has 0 aliphatic carbocycles. The molecule has 0 bridgehead atoms. The van der Waals surface area contributed by atoms with Gasteiger partial charge in [0.15, 0.2) is 0 Å². The number of alkyl halides is 1. The lowest BCUT2D eigenvalue weighted by Crippen LogP contribution is -2.38. The highest BCUT2D eigenvalue weighted by molar-refractivity contribution is 9.10. The molecular formula is C14H19BrClNO2. The second-order valence-corrected chi connectivity index (χ2v) is 6.13. The lowest BCUT2D eigenvalue weighted by atomic mass is 10.1. The number of ether oxygens (including phenoxy) is 1. The number of hydrogen-bond acceptors (Lipinski definition) is 2. The van der Waals surface area contributed by atoms with E-state index in [-0.39, 0.29) is 16.7 Å². The van der Waals surface area contributed by atoms with Crippen LogP contribution in [0.1, 0.15) is 13.8 Å². The first-order valence-electron chi connectivity index (χ1n) is 6.19. The third-order valence-corrected chi connectivity index (χ3v) is 4.41. The summed E-state index contributed by atoms with van der Waals surface area (Å²) in [5.74, 6) is 1.10. The van der Waals surface area contributed by atoms with Crippen molar-refractivity contribution >= 4 is 33.4 Å². The SMILES string of the molecule is CC(C)C(Br)C(=O)N(C)CCOc1ccc(Cl)cc1. The highest BCUT2D eigenvalue weighted by Gasteiger charge is 2.21. The standard InChI is InChI=1S/C14H19BrClNO2/c1-10(2)13(15)14(18)17(3)8-9-19-12-6-4-11(16)5-7-12/h4-7,10,13H,8-9H2,1-3H3. The smallest absolute Gasteiger partial charge is 0.236 e. The molecule has 1 amide bonds. The van der Waals surface area contributed by atoms with Gasteiger partial charge in [-0.3, -0.25) is 4.79 Å². The number of rotatable bonds is 6. The number of halogens is 2. The Bertz CT molecular complexity index is 408. The minimum absolute atomic E-state index is 0.0784. The fourth-order valence-corrected chi connectivity index (χ4v) is 1.91. The summed E-state index contributed by atoms with van der Waals surface area (Å²) in [4.78, 5) is 13.5. The predicted octanol–water partition coefficient (Wildman–Crippen LogP) is 3.60. The molecule has 106 valence electrons. The molecule has 0 radical (unpaired) electrons. The van der Waals surface area contributed by atoms with E-state index in [1.165, 1.54) is 0 Å². The lowest BCUT2D eigenvalue weighted by Gasteiger charge is -2.22. The summed E-state index contributed by atoms with van der Waals surface area (Å²) in [6.07, 6.45) is 0. The van der Waals surface area contributed by atoms with Gasteiger partial charge in [-0.1, -0.05) is 41.4 Å². The van der Waals surface area contributed by atoms with Crippen molar-refractivity contribution in [1.82, 2.24) is 4.90 Å². The zero-order chi connectivity index (χ0) is 14.4. The highest BCUT2D eigenvalue weighted by atomic mass is 79.9. The normalized spacial score (nSPS) is 12.3. The van der Waals surface area contributed by atoms with Gasteiger partial charge in [0.2, 0.25) is 5.91 Å². The number of likely N-dealkylation sites (N-methyl/N-ethyl adjacent to an activating group) is 1. The van der Waals surface area contributed by atoms with Crippen molar-refractivity contribution in [1.29, 1.82) is 0 Å². The maximum Gasteiger partial charge on any atom is 0.236 e. The number of carbonyl (C=O) groups excluding carboxylic acids is 1. The maximum atomic E-state index is 12.0. The molecule has 0 spiro atoms. The third-order valence-electron chi connectivity index (χ3n) is 2.71. The topological polar surface area (TPSA) is 29.5 Å². The van der Waals surface area contributed by atoms with Crippen LogP contribution in [0.2, 0.25) is 5.02 Å². The Hall–Kier alpha value is -0.740. The second kappa shape index (κ2) is 7.75. The Morgan fingerprint density at radius 3 is 2.47 bits per heavy atom. The van der Waals surface area contributed by atoms with Gasteiger partial charge in [-0.25, -0.2) is 0 Å². The van der Waals surface area contributed by atoms with Crippen molar-refractivity contribution in [2.45, 2.75) is 18.7 Å². The molecular weight excluding hydrogens is 330 g/mol. The minimum Gasteiger partial charge on any atom is -0.492 e. The van der Waals surface area contributed by atoms with E-state index in [9.17, 15) is 4.79 Å². The van der Waals surface area contributed by atoms with Crippen LogP contribution >= 0.6 is 27.5 Å². The number of carbonyl (C=O) groups is 1. The van der Waals surface area contributed by atoms with E-state index in [0.717, 1.165) is 5.75 Å². The van der Waals surface area contributed by atoms with Crippen LogP contribution in [0.5, 0.6) is 5.75 Å². The van der Waals surface area contributed by atoms with E-state index in [1.54, 1.807) is 24.1 Å². The molecule has 0 fully saturated rings. The van der Waals surface area contributed by atoms with Crippen LogP contribution in [0.4, 0.5) is 0 Å². The molecule has 0 N–H and O–H groups in total. The van der Waals surface area contributed by atoms with Crippen molar-refractivity contribution in [3.05, 3.63) is 29.3 Å². The number of nitrogens with zero attached hydrogens (tertiary/aromatic N) is 1. The number of benzene rings is 1. The summed E-state index contributed by atoms with van der Waals surface area (Å²) in [5, 5.41) is 0.679. The molecule has 0 aromatic heterocycles. The Labute approximate surface area is 128 Å². The van der Waals surface area contributed by atoms with Crippen LogP contribution in [0.3, 0.4) is 0 Å². The van der Waals surface area contributed by atoms with Crippen LogP contribution in [-0.2, 0) is 4.79 Å². The average Bonchev–Trinajstić information content (AvgIpc) is 2.39. The van der Waals surface area contributed by atoms with Gasteiger partial charge in [0, 0.05) is 12.1 Å². The van der Waals surface area contributed by atoms with Gasteiger partial charge in [-0.15, -0.1) is 0 Å². The Balaban J connectivity index is 2.36. The summed E-state index contributed by atoms with van der Waals surface area (Å²) in [6.45, 7) is 5.03. The quantitative estimate of drug-likeness (QED) is 0.735. The highest BCUT2D eigenvalue weighted by Crippen LogP contribution is 2.16. The summed E-state index contributed by atoms with van der Waals surface area (Å²) >= 11 is 9.19. The van der Waals surface area contributed by atoms with E-state index < -0.39 is 0 Å². The fourth-order valence-electron chi connectivity index (χ4n) is 1.44. The Kier molecular flexibility index (Phi) is 6.66. The van der Waals surface area contributed by atoms with Gasteiger partial charge in [0.1, 0.15) is 12.4 Å². The molecule has 5 heteroatoms.